The number of esters is 3. The molecule has 2 heterocycles. The maximum atomic E-state index is 12.3. The number of hydrogen-bond donors (Lipinski definition) is 0. The summed E-state index contributed by atoms with van der Waals surface area (Å²) < 4.78 is 32.9. The lowest BCUT2D eigenvalue weighted by Gasteiger charge is -2.40. The van der Waals surface area contributed by atoms with E-state index in [4.69, 9.17) is 28.1 Å². The van der Waals surface area contributed by atoms with Crippen LogP contribution in [0.25, 0.3) is 11.0 Å². The molecule has 0 spiro atoms. The third kappa shape index (κ3) is 4.85. The van der Waals surface area contributed by atoms with Crippen molar-refractivity contribution in [2.75, 3.05) is 6.61 Å². The summed E-state index contributed by atoms with van der Waals surface area (Å²) in [5.41, 5.74) is 1.70. The highest BCUT2D eigenvalue weighted by molar-refractivity contribution is 5.83. The lowest BCUT2D eigenvalue weighted by atomic mass is 10.0. The van der Waals surface area contributed by atoms with Gasteiger partial charge in [0.05, 0.1) is 6.61 Å². The molecule has 0 amide bonds. The minimum atomic E-state index is -1.22. The van der Waals surface area contributed by atoms with Gasteiger partial charge in [0.25, 0.3) is 0 Å². The molecular formula is C23H24O10. The number of fused-ring (bicyclic) bond motifs is 3. The topological polar surface area (TPSA) is 128 Å². The fourth-order valence-corrected chi connectivity index (χ4v) is 4.28. The monoisotopic (exact) mass is 460 g/mol. The molecule has 10 heteroatoms. The van der Waals surface area contributed by atoms with E-state index in [2.05, 4.69) is 0 Å². The second-order valence-electron chi connectivity index (χ2n) is 7.97. The van der Waals surface area contributed by atoms with Crippen LogP contribution in [-0.4, -0.2) is 49.1 Å². The average Bonchev–Trinajstić information content (AvgIpc) is 3.22. The molecule has 4 atom stereocenters. The molecule has 1 aliphatic carbocycles. The molecule has 176 valence electrons. The molecule has 2 aliphatic rings. The lowest BCUT2D eigenvalue weighted by molar-refractivity contribution is -0.259. The fraction of sp³-hybridized carbons (Fsp3) is 0.478. The van der Waals surface area contributed by atoms with Gasteiger partial charge in [-0.15, -0.1) is 0 Å². The SMILES string of the molecule is CC(=O)O[C@@H]1[C@@H](OC(C)=O)[C@H](Oc2ccc3c4c(c(=O)oc3c2)CCC4)OC[C@H]1OC(C)=O. The van der Waals surface area contributed by atoms with Gasteiger partial charge in [0.1, 0.15) is 11.3 Å². The number of hydrogen-bond acceptors (Lipinski definition) is 10. The average molecular weight is 460 g/mol. The van der Waals surface area contributed by atoms with E-state index in [1.165, 1.54) is 20.8 Å². The Hall–Kier alpha value is -3.40. The van der Waals surface area contributed by atoms with E-state index >= 15 is 0 Å². The summed E-state index contributed by atoms with van der Waals surface area (Å²) in [5, 5.41) is 0.836. The molecule has 0 saturated carbocycles. The number of carbonyl (C=O) groups excluding carboxylic acids is 3. The molecule has 1 aliphatic heterocycles. The van der Waals surface area contributed by atoms with Crippen molar-refractivity contribution in [2.24, 2.45) is 0 Å². The Morgan fingerprint density at radius 2 is 1.58 bits per heavy atom. The van der Waals surface area contributed by atoms with Crippen LogP contribution in [0.4, 0.5) is 0 Å². The molecule has 0 radical (unpaired) electrons. The van der Waals surface area contributed by atoms with Crippen LogP contribution in [0, 0.1) is 0 Å². The zero-order valence-electron chi connectivity index (χ0n) is 18.5. The molecule has 0 bridgehead atoms. The van der Waals surface area contributed by atoms with E-state index in [0.717, 1.165) is 23.8 Å². The van der Waals surface area contributed by atoms with Crippen LogP contribution in [0.15, 0.2) is 27.4 Å². The molecule has 1 saturated heterocycles. The standard InChI is InChI=1S/C23H24O10/c1-11(24)29-19-10-28-23(21(31-13(3)26)20(19)30-12(2)25)32-14-7-8-16-15-5-4-6-17(15)22(27)33-18(16)9-14/h7-9,19-21,23H,4-6,10H2,1-3H3/t19-,20+,21-,23+/m1/s1. The highest BCUT2D eigenvalue weighted by Gasteiger charge is 2.48. The summed E-state index contributed by atoms with van der Waals surface area (Å²) in [6, 6.07) is 5.04. The molecule has 1 fully saturated rings. The van der Waals surface area contributed by atoms with Gasteiger partial charge in [-0.2, -0.15) is 0 Å². The molecule has 1 aromatic heterocycles. The summed E-state index contributed by atoms with van der Waals surface area (Å²) in [4.78, 5) is 47.2. The number of carbonyl (C=O) groups is 3. The van der Waals surface area contributed by atoms with E-state index < -0.39 is 42.5 Å². The van der Waals surface area contributed by atoms with Crippen LogP contribution < -0.4 is 10.4 Å². The van der Waals surface area contributed by atoms with Crippen molar-refractivity contribution in [3.05, 3.63) is 39.7 Å². The number of aryl methyl sites for hydroxylation is 1. The summed E-state index contributed by atoms with van der Waals surface area (Å²) in [6.07, 6.45) is -2.12. The van der Waals surface area contributed by atoms with E-state index in [1.807, 2.05) is 0 Å². The summed E-state index contributed by atoms with van der Waals surface area (Å²) in [7, 11) is 0. The maximum absolute atomic E-state index is 12.3. The Balaban J connectivity index is 1.64. The predicted molar refractivity (Wildman–Crippen MR) is 112 cm³/mol. The second kappa shape index (κ2) is 9.22. The molecular weight excluding hydrogens is 436 g/mol. The smallest absolute Gasteiger partial charge is 0.339 e. The van der Waals surface area contributed by atoms with Crippen molar-refractivity contribution in [3.8, 4) is 5.75 Å². The van der Waals surface area contributed by atoms with E-state index in [9.17, 15) is 19.2 Å². The normalized spacial score (nSPS) is 24.1. The van der Waals surface area contributed by atoms with Crippen LogP contribution in [0.1, 0.15) is 38.3 Å². The minimum Gasteiger partial charge on any atom is -0.461 e. The lowest BCUT2D eigenvalue weighted by Crippen LogP contribution is -2.59. The summed E-state index contributed by atoms with van der Waals surface area (Å²) in [6.45, 7) is 3.41. The Labute approximate surface area is 188 Å². The summed E-state index contributed by atoms with van der Waals surface area (Å²) >= 11 is 0. The van der Waals surface area contributed by atoms with Gasteiger partial charge in [-0.25, -0.2) is 4.79 Å². The Kier molecular flexibility index (Phi) is 6.37. The largest absolute Gasteiger partial charge is 0.461 e. The first-order chi connectivity index (χ1) is 15.7. The van der Waals surface area contributed by atoms with Crippen molar-refractivity contribution >= 4 is 28.9 Å². The van der Waals surface area contributed by atoms with Crippen molar-refractivity contribution in [2.45, 2.75) is 64.6 Å². The molecule has 10 nitrogen and oxygen atoms in total. The van der Waals surface area contributed by atoms with Gasteiger partial charge in [0, 0.05) is 37.8 Å². The van der Waals surface area contributed by atoms with Gasteiger partial charge in [-0.05, 0) is 37.0 Å². The van der Waals surface area contributed by atoms with Crippen molar-refractivity contribution < 1.29 is 42.5 Å². The summed E-state index contributed by atoms with van der Waals surface area (Å²) in [5.74, 6) is -1.65. The van der Waals surface area contributed by atoms with Gasteiger partial charge >= 0.3 is 23.5 Å². The van der Waals surface area contributed by atoms with Crippen molar-refractivity contribution in [1.29, 1.82) is 0 Å². The zero-order valence-corrected chi connectivity index (χ0v) is 18.5. The quantitative estimate of drug-likeness (QED) is 0.370. The van der Waals surface area contributed by atoms with E-state index in [1.54, 1.807) is 18.2 Å². The fourth-order valence-electron chi connectivity index (χ4n) is 4.28. The molecule has 1 aromatic carbocycles. The highest BCUT2D eigenvalue weighted by atomic mass is 16.7. The van der Waals surface area contributed by atoms with E-state index in [0.29, 0.717) is 23.3 Å². The first-order valence-corrected chi connectivity index (χ1v) is 10.6. The first-order valence-electron chi connectivity index (χ1n) is 10.6. The third-order valence-electron chi connectivity index (χ3n) is 5.50. The number of rotatable bonds is 5. The van der Waals surface area contributed by atoms with E-state index in [-0.39, 0.29) is 12.2 Å². The minimum absolute atomic E-state index is 0.157. The van der Waals surface area contributed by atoms with Gasteiger partial charge in [0.2, 0.25) is 12.4 Å². The maximum Gasteiger partial charge on any atom is 0.339 e. The Morgan fingerprint density at radius 1 is 0.909 bits per heavy atom. The molecule has 33 heavy (non-hydrogen) atoms. The highest BCUT2D eigenvalue weighted by Crippen LogP contribution is 2.32. The molecule has 0 unspecified atom stereocenters. The van der Waals surface area contributed by atoms with Crippen LogP contribution in [-0.2, 0) is 46.2 Å². The van der Waals surface area contributed by atoms with Crippen LogP contribution >= 0.6 is 0 Å². The van der Waals surface area contributed by atoms with Crippen LogP contribution in [0.5, 0.6) is 5.75 Å². The second-order valence-corrected chi connectivity index (χ2v) is 7.97. The molecule has 0 N–H and O–H groups in total. The van der Waals surface area contributed by atoms with Crippen molar-refractivity contribution in [1.82, 2.24) is 0 Å². The van der Waals surface area contributed by atoms with Gasteiger partial charge in [-0.1, -0.05) is 0 Å². The third-order valence-corrected chi connectivity index (χ3v) is 5.50. The van der Waals surface area contributed by atoms with Crippen LogP contribution in [0.3, 0.4) is 0 Å². The van der Waals surface area contributed by atoms with Gasteiger partial charge < -0.3 is 28.1 Å². The molecule has 4 rings (SSSR count). The van der Waals surface area contributed by atoms with Gasteiger partial charge in [0.15, 0.2) is 12.2 Å². The first kappa shape index (κ1) is 22.8. The number of benzene rings is 1. The Morgan fingerprint density at radius 3 is 2.27 bits per heavy atom. The zero-order chi connectivity index (χ0) is 23.7. The molecule has 2 aromatic rings. The predicted octanol–water partition coefficient (Wildman–Crippen LogP) is 1.81. The van der Waals surface area contributed by atoms with Crippen molar-refractivity contribution in [3.63, 3.8) is 0 Å². The van der Waals surface area contributed by atoms with Crippen LogP contribution in [0.2, 0.25) is 0 Å². The van der Waals surface area contributed by atoms with Gasteiger partial charge in [-0.3, -0.25) is 14.4 Å². The Bertz CT molecular complexity index is 1150. The number of ether oxygens (including phenoxy) is 5.